The largest absolute Gasteiger partial charge is 0.457 e. The van der Waals surface area contributed by atoms with Gasteiger partial charge in [-0.3, -0.25) is 4.79 Å². The molecule has 0 bridgehead atoms. The van der Waals surface area contributed by atoms with E-state index in [9.17, 15) is 4.79 Å². The summed E-state index contributed by atoms with van der Waals surface area (Å²) in [5, 5.41) is 0. The lowest BCUT2D eigenvalue weighted by atomic mass is 10.2. The molecule has 1 aromatic rings. The van der Waals surface area contributed by atoms with E-state index >= 15 is 0 Å². The average molecular weight is 192 g/mol. The van der Waals surface area contributed by atoms with Crippen molar-refractivity contribution in [3.05, 3.63) is 30.2 Å². The fraction of sp³-hybridized carbons (Fsp3) is 0.300. The number of carbonyl (C=O) groups is 1. The van der Waals surface area contributed by atoms with Crippen molar-refractivity contribution in [3.8, 4) is 0 Å². The Labute approximate surface area is 82.0 Å². The normalized spacial score (nSPS) is 15.9. The van der Waals surface area contributed by atoms with E-state index in [-0.39, 0.29) is 11.7 Å². The molecule has 0 spiro atoms. The first-order valence-electron chi connectivity index (χ1n) is 4.56. The molecule has 2 N–H and O–H groups in total. The summed E-state index contributed by atoms with van der Waals surface area (Å²) in [7, 11) is 0. The molecule has 0 saturated heterocycles. The summed E-state index contributed by atoms with van der Waals surface area (Å²) >= 11 is 0. The van der Waals surface area contributed by atoms with Gasteiger partial charge in [-0.05, 0) is 6.42 Å². The summed E-state index contributed by atoms with van der Waals surface area (Å²) in [5.41, 5.74) is 6.00. The lowest BCUT2D eigenvalue weighted by Gasteiger charge is -2.22. The minimum Gasteiger partial charge on any atom is -0.457 e. The molecule has 1 aromatic heterocycles. The van der Waals surface area contributed by atoms with Gasteiger partial charge in [-0.2, -0.15) is 0 Å². The third kappa shape index (κ3) is 1.51. The molecule has 4 heteroatoms. The van der Waals surface area contributed by atoms with Crippen molar-refractivity contribution in [1.82, 2.24) is 4.90 Å². The summed E-state index contributed by atoms with van der Waals surface area (Å²) in [6, 6.07) is 1.59. The van der Waals surface area contributed by atoms with Gasteiger partial charge >= 0.3 is 0 Å². The lowest BCUT2D eigenvalue weighted by molar-refractivity contribution is 0.0740. The quantitative estimate of drug-likeness (QED) is 0.681. The molecule has 2 rings (SSSR count). The summed E-state index contributed by atoms with van der Waals surface area (Å²) in [5.74, 6) is 0.122. The highest BCUT2D eigenvalue weighted by Gasteiger charge is 2.20. The number of nitrogens with zero attached hydrogens (tertiary/aromatic N) is 1. The van der Waals surface area contributed by atoms with Crippen LogP contribution in [0.25, 0.3) is 0 Å². The molecular formula is C10H12N2O2. The molecule has 0 atom stereocenters. The van der Waals surface area contributed by atoms with E-state index in [0.29, 0.717) is 12.2 Å². The number of nitrogens with two attached hydrogens (primary N) is 1. The first-order chi connectivity index (χ1) is 6.79. The van der Waals surface area contributed by atoms with Crippen LogP contribution in [-0.2, 0) is 0 Å². The monoisotopic (exact) mass is 192 g/mol. The molecule has 4 nitrogen and oxygen atoms in total. The molecule has 0 fully saturated rings. The summed E-state index contributed by atoms with van der Waals surface area (Å²) in [6.45, 7) is 1.37. The van der Waals surface area contributed by atoms with Crippen LogP contribution in [0.4, 0.5) is 5.69 Å². The third-order valence-corrected chi connectivity index (χ3v) is 2.24. The molecule has 14 heavy (non-hydrogen) atoms. The van der Waals surface area contributed by atoms with Crippen LogP contribution in [-0.4, -0.2) is 23.9 Å². The number of hydrogen-bond acceptors (Lipinski definition) is 3. The minimum atomic E-state index is -0.128. The Morgan fingerprint density at radius 3 is 2.93 bits per heavy atom. The molecule has 0 aliphatic carbocycles. The van der Waals surface area contributed by atoms with Gasteiger partial charge in [0.2, 0.25) is 5.76 Å². The lowest BCUT2D eigenvalue weighted by Crippen LogP contribution is -2.33. The zero-order chi connectivity index (χ0) is 9.97. The highest BCUT2D eigenvalue weighted by Crippen LogP contribution is 2.16. The number of hydrogen-bond donors (Lipinski definition) is 1. The maximum atomic E-state index is 11.8. The van der Waals surface area contributed by atoms with Crippen LogP contribution in [0.1, 0.15) is 17.0 Å². The van der Waals surface area contributed by atoms with Crippen molar-refractivity contribution in [2.45, 2.75) is 6.42 Å². The second-order valence-electron chi connectivity index (χ2n) is 3.22. The molecule has 0 aromatic carbocycles. The van der Waals surface area contributed by atoms with Gasteiger partial charge in [-0.25, -0.2) is 0 Å². The van der Waals surface area contributed by atoms with Crippen LogP contribution >= 0.6 is 0 Å². The third-order valence-electron chi connectivity index (χ3n) is 2.24. The fourth-order valence-corrected chi connectivity index (χ4v) is 1.46. The van der Waals surface area contributed by atoms with Gasteiger partial charge < -0.3 is 15.1 Å². The number of furan rings is 1. The molecule has 0 radical (unpaired) electrons. The van der Waals surface area contributed by atoms with E-state index in [1.807, 2.05) is 6.08 Å². The first kappa shape index (κ1) is 8.87. The van der Waals surface area contributed by atoms with E-state index < -0.39 is 0 Å². The van der Waals surface area contributed by atoms with Crippen molar-refractivity contribution in [2.75, 3.05) is 18.8 Å². The highest BCUT2D eigenvalue weighted by molar-refractivity contribution is 5.96. The number of carbonyl (C=O) groups excluding carboxylic acids is 1. The molecule has 0 saturated carbocycles. The van der Waals surface area contributed by atoms with Gasteiger partial charge in [0.1, 0.15) is 0 Å². The Kier molecular flexibility index (Phi) is 2.26. The first-order valence-corrected chi connectivity index (χ1v) is 4.56. The fourth-order valence-electron chi connectivity index (χ4n) is 1.46. The van der Waals surface area contributed by atoms with Gasteiger partial charge in [-0.1, -0.05) is 12.2 Å². The molecule has 0 unspecified atom stereocenters. The number of rotatable bonds is 1. The van der Waals surface area contributed by atoms with E-state index in [1.165, 1.54) is 6.26 Å². The standard InChI is InChI=1S/C10H12N2O2/c11-8-4-7-14-9(8)10(13)12-5-2-1-3-6-12/h1-2,4,7H,3,5-6,11H2. The van der Waals surface area contributed by atoms with Crippen molar-refractivity contribution < 1.29 is 9.21 Å². The Morgan fingerprint density at radius 1 is 1.50 bits per heavy atom. The number of amides is 1. The van der Waals surface area contributed by atoms with Gasteiger partial charge in [-0.15, -0.1) is 0 Å². The number of anilines is 1. The van der Waals surface area contributed by atoms with Gasteiger partial charge in [0, 0.05) is 19.2 Å². The Bertz CT molecular complexity index is 368. The average Bonchev–Trinajstić information content (AvgIpc) is 2.65. The molecule has 74 valence electrons. The molecule has 2 heterocycles. The maximum Gasteiger partial charge on any atom is 0.292 e. The van der Waals surface area contributed by atoms with Crippen LogP contribution < -0.4 is 5.73 Å². The predicted molar refractivity (Wildman–Crippen MR) is 52.8 cm³/mol. The summed E-state index contributed by atoms with van der Waals surface area (Å²) in [4.78, 5) is 13.5. The van der Waals surface area contributed by atoms with E-state index in [1.54, 1.807) is 11.0 Å². The molecule has 1 aliphatic rings. The molecule has 1 amide bonds. The van der Waals surface area contributed by atoms with E-state index in [0.717, 1.165) is 13.0 Å². The number of nitrogen functional groups attached to an aromatic ring is 1. The second kappa shape index (κ2) is 3.57. The zero-order valence-corrected chi connectivity index (χ0v) is 7.77. The van der Waals surface area contributed by atoms with Crippen LogP contribution in [0, 0.1) is 0 Å². The van der Waals surface area contributed by atoms with Crippen LogP contribution in [0.2, 0.25) is 0 Å². The highest BCUT2D eigenvalue weighted by atomic mass is 16.3. The van der Waals surface area contributed by atoms with Crippen molar-refractivity contribution >= 4 is 11.6 Å². The minimum absolute atomic E-state index is 0.128. The Balaban J connectivity index is 2.16. The summed E-state index contributed by atoms with van der Waals surface area (Å²) in [6.07, 6.45) is 6.37. The zero-order valence-electron chi connectivity index (χ0n) is 7.77. The Hall–Kier alpha value is -1.71. The SMILES string of the molecule is Nc1ccoc1C(=O)N1CC=CCC1. The smallest absolute Gasteiger partial charge is 0.292 e. The van der Waals surface area contributed by atoms with Crippen molar-refractivity contribution in [1.29, 1.82) is 0 Å². The Morgan fingerprint density at radius 2 is 2.36 bits per heavy atom. The van der Waals surface area contributed by atoms with Gasteiger partial charge in [0.15, 0.2) is 0 Å². The predicted octanol–water partition coefficient (Wildman–Crippen LogP) is 1.26. The van der Waals surface area contributed by atoms with E-state index in [4.69, 9.17) is 10.2 Å². The maximum absolute atomic E-state index is 11.8. The summed E-state index contributed by atoms with van der Waals surface area (Å²) < 4.78 is 5.04. The van der Waals surface area contributed by atoms with E-state index in [2.05, 4.69) is 6.08 Å². The van der Waals surface area contributed by atoms with Crippen LogP contribution in [0.15, 0.2) is 28.9 Å². The second-order valence-corrected chi connectivity index (χ2v) is 3.22. The topological polar surface area (TPSA) is 59.5 Å². The van der Waals surface area contributed by atoms with Crippen LogP contribution in [0.5, 0.6) is 0 Å². The van der Waals surface area contributed by atoms with Crippen LogP contribution in [0.3, 0.4) is 0 Å². The van der Waals surface area contributed by atoms with Gasteiger partial charge in [0.25, 0.3) is 5.91 Å². The molecule has 1 aliphatic heterocycles. The molecular weight excluding hydrogens is 180 g/mol. The van der Waals surface area contributed by atoms with Gasteiger partial charge in [0.05, 0.1) is 12.0 Å². The van der Waals surface area contributed by atoms with Crippen molar-refractivity contribution in [2.24, 2.45) is 0 Å². The van der Waals surface area contributed by atoms with Crippen molar-refractivity contribution in [3.63, 3.8) is 0 Å².